The number of aromatic hydroxyl groups is 1. The maximum Gasteiger partial charge on any atom is 0.257 e. The minimum Gasteiger partial charge on any atom is -0.507 e. The van der Waals surface area contributed by atoms with Crippen molar-refractivity contribution >= 4 is 16.7 Å². The van der Waals surface area contributed by atoms with Crippen LogP contribution in [-0.4, -0.2) is 47.0 Å². The third-order valence-corrected chi connectivity index (χ3v) is 5.32. The number of piperazine rings is 1. The molecule has 0 bridgehead atoms. The lowest BCUT2D eigenvalue weighted by molar-refractivity contribution is 0.0626. The summed E-state index contributed by atoms with van der Waals surface area (Å²) in [6.45, 7) is 5.84. The molecule has 3 aromatic carbocycles. The molecule has 1 fully saturated rings. The van der Waals surface area contributed by atoms with Crippen LogP contribution in [0.4, 0.5) is 0 Å². The van der Waals surface area contributed by atoms with Gasteiger partial charge in [-0.25, -0.2) is 0 Å². The maximum absolute atomic E-state index is 12.8. The monoisotopic (exact) mass is 360 g/mol. The van der Waals surface area contributed by atoms with Crippen molar-refractivity contribution in [3.63, 3.8) is 0 Å². The van der Waals surface area contributed by atoms with Crippen molar-refractivity contribution in [2.75, 3.05) is 26.2 Å². The number of carbonyl (C=O) groups is 1. The second-order valence-corrected chi connectivity index (χ2v) is 7.23. The van der Waals surface area contributed by atoms with Crippen LogP contribution in [0, 0.1) is 6.92 Å². The zero-order valence-electron chi connectivity index (χ0n) is 15.6. The van der Waals surface area contributed by atoms with Crippen molar-refractivity contribution in [3.05, 3.63) is 77.4 Å². The minimum atomic E-state index is -0.0824. The quantitative estimate of drug-likeness (QED) is 0.772. The molecule has 4 heteroatoms. The van der Waals surface area contributed by atoms with Crippen LogP contribution in [0.1, 0.15) is 21.5 Å². The number of benzene rings is 3. The van der Waals surface area contributed by atoms with Crippen molar-refractivity contribution in [1.29, 1.82) is 0 Å². The van der Waals surface area contributed by atoms with Gasteiger partial charge in [0.1, 0.15) is 5.75 Å². The molecule has 0 radical (unpaired) electrons. The van der Waals surface area contributed by atoms with Crippen LogP contribution >= 0.6 is 0 Å². The van der Waals surface area contributed by atoms with Gasteiger partial charge < -0.3 is 10.0 Å². The molecule has 3 aromatic rings. The Morgan fingerprint density at radius 1 is 0.963 bits per heavy atom. The van der Waals surface area contributed by atoms with E-state index in [1.165, 1.54) is 16.3 Å². The third-order valence-electron chi connectivity index (χ3n) is 5.32. The standard InChI is InChI=1S/C23H24N2O2/c1-17-9-10-22(26)21(15-17)23(27)25-13-11-24(12-14-25)16-19-7-4-6-18-5-2-3-8-20(18)19/h2-10,15,26H,11-14,16H2,1H3. The van der Waals surface area contributed by atoms with Gasteiger partial charge in [-0.05, 0) is 35.4 Å². The summed E-state index contributed by atoms with van der Waals surface area (Å²) in [6, 6.07) is 20.1. The molecule has 0 unspecified atom stereocenters. The number of rotatable bonds is 3. The summed E-state index contributed by atoms with van der Waals surface area (Å²) in [5, 5.41) is 12.6. The van der Waals surface area contributed by atoms with Crippen LogP contribution in [-0.2, 0) is 6.54 Å². The molecule has 1 heterocycles. The van der Waals surface area contributed by atoms with E-state index in [0.717, 1.165) is 25.2 Å². The van der Waals surface area contributed by atoms with Gasteiger partial charge in [0.05, 0.1) is 5.56 Å². The number of fused-ring (bicyclic) bond motifs is 1. The summed E-state index contributed by atoms with van der Waals surface area (Å²) >= 11 is 0. The Labute approximate surface area is 159 Å². The van der Waals surface area contributed by atoms with Crippen molar-refractivity contribution in [2.45, 2.75) is 13.5 Å². The smallest absolute Gasteiger partial charge is 0.257 e. The van der Waals surface area contributed by atoms with Crippen molar-refractivity contribution < 1.29 is 9.90 Å². The first-order valence-electron chi connectivity index (χ1n) is 9.40. The summed E-state index contributed by atoms with van der Waals surface area (Å²) < 4.78 is 0. The highest BCUT2D eigenvalue weighted by molar-refractivity contribution is 5.97. The molecule has 1 amide bonds. The number of aryl methyl sites for hydroxylation is 1. The van der Waals surface area contributed by atoms with Gasteiger partial charge in [0.25, 0.3) is 5.91 Å². The molecule has 1 saturated heterocycles. The first kappa shape index (κ1) is 17.6. The van der Waals surface area contributed by atoms with E-state index in [-0.39, 0.29) is 11.7 Å². The molecule has 0 aromatic heterocycles. The van der Waals surface area contributed by atoms with Crippen molar-refractivity contribution in [1.82, 2.24) is 9.80 Å². The summed E-state index contributed by atoms with van der Waals surface area (Å²) in [6.07, 6.45) is 0. The molecule has 1 aliphatic heterocycles. The molecule has 0 spiro atoms. The van der Waals surface area contributed by atoms with Crippen LogP contribution in [0.5, 0.6) is 5.75 Å². The zero-order valence-corrected chi connectivity index (χ0v) is 15.6. The fourth-order valence-electron chi connectivity index (χ4n) is 3.77. The minimum absolute atomic E-state index is 0.0591. The molecule has 1 N–H and O–H groups in total. The number of amides is 1. The average molecular weight is 360 g/mol. The number of carbonyl (C=O) groups excluding carboxylic acids is 1. The highest BCUT2D eigenvalue weighted by atomic mass is 16.3. The Hall–Kier alpha value is -2.85. The first-order valence-corrected chi connectivity index (χ1v) is 9.40. The van der Waals surface area contributed by atoms with Crippen LogP contribution in [0.2, 0.25) is 0 Å². The Balaban J connectivity index is 1.43. The van der Waals surface area contributed by atoms with E-state index in [1.54, 1.807) is 12.1 Å². The normalized spacial score (nSPS) is 15.2. The number of hydrogen-bond acceptors (Lipinski definition) is 3. The van der Waals surface area contributed by atoms with E-state index >= 15 is 0 Å². The molecule has 4 rings (SSSR count). The molecule has 138 valence electrons. The first-order chi connectivity index (χ1) is 13.1. The van der Waals surface area contributed by atoms with Gasteiger partial charge >= 0.3 is 0 Å². The van der Waals surface area contributed by atoms with Crippen molar-refractivity contribution in [3.8, 4) is 5.75 Å². The molecule has 0 saturated carbocycles. The van der Waals surface area contributed by atoms with Gasteiger partial charge in [0.2, 0.25) is 0 Å². The fraction of sp³-hybridized carbons (Fsp3) is 0.261. The largest absolute Gasteiger partial charge is 0.507 e. The molecular formula is C23H24N2O2. The highest BCUT2D eigenvalue weighted by Gasteiger charge is 2.24. The topological polar surface area (TPSA) is 43.8 Å². The van der Waals surface area contributed by atoms with E-state index < -0.39 is 0 Å². The second kappa shape index (κ2) is 7.41. The fourth-order valence-corrected chi connectivity index (χ4v) is 3.77. The van der Waals surface area contributed by atoms with E-state index in [1.807, 2.05) is 17.9 Å². The Morgan fingerprint density at radius 2 is 1.70 bits per heavy atom. The lowest BCUT2D eigenvalue weighted by atomic mass is 10.0. The molecule has 4 nitrogen and oxygen atoms in total. The zero-order chi connectivity index (χ0) is 18.8. The molecule has 27 heavy (non-hydrogen) atoms. The number of nitrogens with zero attached hydrogens (tertiary/aromatic N) is 2. The van der Waals surface area contributed by atoms with E-state index in [0.29, 0.717) is 18.7 Å². The average Bonchev–Trinajstić information content (AvgIpc) is 2.70. The maximum atomic E-state index is 12.8. The summed E-state index contributed by atoms with van der Waals surface area (Å²) in [5.41, 5.74) is 2.70. The lowest BCUT2D eigenvalue weighted by Gasteiger charge is -2.35. The summed E-state index contributed by atoms with van der Waals surface area (Å²) in [7, 11) is 0. The SMILES string of the molecule is Cc1ccc(O)c(C(=O)N2CCN(Cc3cccc4ccccc34)CC2)c1. The van der Waals surface area contributed by atoms with Crippen LogP contribution in [0.3, 0.4) is 0 Å². The Morgan fingerprint density at radius 3 is 2.52 bits per heavy atom. The molecular weight excluding hydrogens is 336 g/mol. The van der Waals surface area contributed by atoms with E-state index in [9.17, 15) is 9.90 Å². The Kier molecular flexibility index (Phi) is 4.82. The third kappa shape index (κ3) is 3.67. The predicted molar refractivity (Wildman–Crippen MR) is 108 cm³/mol. The van der Waals surface area contributed by atoms with Gasteiger partial charge in [-0.1, -0.05) is 54.1 Å². The predicted octanol–water partition coefficient (Wildman–Crippen LogP) is 3.81. The summed E-state index contributed by atoms with van der Waals surface area (Å²) in [5.74, 6) is -0.0233. The van der Waals surface area contributed by atoms with Crippen molar-refractivity contribution in [2.24, 2.45) is 0 Å². The van der Waals surface area contributed by atoms with Gasteiger partial charge in [0.15, 0.2) is 0 Å². The van der Waals surface area contributed by atoms with Crippen LogP contribution in [0.25, 0.3) is 10.8 Å². The Bertz CT molecular complexity index is 970. The lowest BCUT2D eigenvalue weighted by Crippen LogP contribution is -2.48. The number of hydrogen-bond donors (Lipinski definition) is 1. The number of phenolic OH excluding ortho intramolecular Hbond substituents is 1. The van der Waals surface area contributed by atoms with E-state index in [4.69, 9.17) is 0 Å². The van der Waals surface area contributed by atoms with Crippen LogP contribution in [0.15, 0.2) is 60.7 Å². The molecule has 0 aliphatic carbocycles. The van der Waals surface area contributed by atoms with Gasteiger partial charge in [-0.2, -0.15) is 0 Å². The second-order valence-electron chi connectivity index (χ2n) is 7.23. The van der Waals surface area contributed by atoms with Gasteiger partial charge in [0, 0.05) is 32.7 Å². The highest BCUT2D eigenvalue weighted by Crippen LogP contribution is 2.23. The van der Waals surface area contributed by atoms with E-state index in [2.05, 4.69) is 47.4 Å². The van der Waals surface area contributed by atoms with Gasteiger partial charge in [-0.15, -0.1) is 0 Å². The molecule has 0 atom stereocenters. The van der Waals surface area contributed by atoms with Gasteiger partial charge in [-0.3, -0.25) is 9.69 Å². The molecule has 1 aliphatic rings. The van der Waals surface area contributed by atoms with Crippen LogP contribution < -0.4 is 0 Å². The summed E-state index contributed by atoms with van der Waals surface area (Å²) in [4.78, 5) is 17.0. The number of phenols is 1.